The van der Waals surface area contributed by atoms with Crippen LogP contribution in [0.4, 0.5) is 5.13 Å². The van der Waals surface area contributed by atoms with Crippen LogP contribution in [0.3, 0.4) is 0 Å². The summed E-state index contributed by atoms with van der Waals surface area (Å²) >= 11 is 1.49. The van der Waals surface area contributed by atoms with Crippen LogP contribution in [0.2, 0.25) is 0 Å². The van der Waals surface area contributed by atoms with Gasteiger partial charge in [-0.2, -0.15) is 0 Å². The lowest BCUT2D eigenvalue weighted by Crippen LogP contribution is -2.43. The zero-order valence-electron chi connectivity index (χ0n) is 17.0. The molecule has 1 aliphatic heterocycles. The van der Waals surface area contributed by atoms with E-state index in [1.807, 2.05) is 49.9 Å². The Morgan fingerprint density at radius 1 is 1.07 bits per heavy atom. The summed E-state index contributed by atoms with van der Waals surface area (Å²) in [7, 11) is 0. The molecule has 0 radical (unpaired) electrons. The van der Waals surface area contributed by atoms with E-state index in [-0.39, 0.29) is 17.7 Å². The number of carbonyl (C=O) groups excluding carboxylic acids is 2. The largest absolute Gasteiger partial charge is 0.338 e. The fraction of sp³-hybridized carbons (Fsp3) is 0.348. The number of carbonyl (C=O) groups is 2. The van der Waals surface area contributed by atoms with E-state index in [0.717, 1.165) is 34.2 Å². The van der Waals surface area contributed by atoms with E-state index in [1.54, 1.807) is 0 Å². The van der Waals surface area contributed by atoms with Crippen molar-refractivity contribution in [1.29, 1.82) is 0 Å². The summed E-state index contributed by atoms with van der Waals surface area (Å²) in [5.74, 6) is -0.268. The summed E-state index contributed by atoms with van der Waals surface area (Å²) in [6.07, 6.45) is 1.61. The summed E-state index contributed by atoms with van der Waals surface area (Å²) in [6.45, 7) is 7.17. The van der Waals surface area contributed by atoms with Crippen LogP contribution in [-0.2, 0) is 4.79 Å². The molecule has 2 aromatic carbocycles. The first kappa shape index (κ1) is 19.6. The van der Waals surface area contributed by atoms with Crippen LogP contribution in [0.5, 0.6) is 0 Å². The van der Waals surface area contributed by atoms with Crippen molar-refractivity contribution in [2.45, 2.75) is 33.6 Å². The topological polar surface area (TPSA) is 62.3 Å². The van der Waals surface area contributed by atoms with Crippen molar-refractivity contribution in [3.8, 4) is 0 Å². The molecule has 150 valence electrons. The molecule has 0 saturated carbocycles. The number of nitrogens with zero attached hydrogens (tertiary/aromatic N) is 2. The molecule has 1 aliphatic rings. The Bertz CT molecular complexity index is 1070. The number of fused-ring (bicyclic) bond motifs is 1. The van der Waals surface area contributed by atoms with Crippen LogP contribution >= 0.6 is 11.3 Å². The highest BCUT2D eigenvalue weighted by Crippen LogP contribution is 2.28. The Morgan fingerprint density at radius 3 is 2.59 bits per heavy atom. The lowest BCUT2D eigenvalue weighted by Gasteiger charge is -2.32. The van der Waals surface area contributed by atoms with Crippen LogP contribution in [0.15, 0.2) is 36.4 Å². The SMILES string of the molecule is Cc1cc(C)cc(C(=O)N2CCCC(C(=O)Nc3nc4ccc(C)cc4s3)C2)c1. The van der Waals surface area contributed by atoms with Crippen molar-refractivity contribution in [1.82, 2.24) is 9.88 Å². The van der Waals surface area contributed by atoms with Crippen LogP contribution in [-0.4, -0.2) is 34.8 Å². The molecule has 1 N–H and O–H groups in total. The summed E-state index contributed by atoms with van der Waals surface area (Å²) in [5, 5.41) is 3.59. The van der Waals surface area contributed by atoms with Crippen molar-refractivity contribution < 1.29 is 9.59 Å². The van der Waals surface area contributed by atoms with Gasteiger partial charge in [-0.25, -0.2) is 4.98 Å². The quantitative estimate of drug-likeness (QED) is 0.684. The number of anilines is 1. The molecule has 2 heterocycles. The van der Waals surface area contributed by atoms with E-state index >= 15 is 0 Å². The van der Waals surface area contributed by atoms with Gasteiger partial charge >= 0.3 is 0 Å². The molecular weight excluding hydrogens is 382 g/mol. The molecule has 5 nitrogen and oxygen atoms in total. The van der Waals surface area contributed by atoms with Gasteiger partial charge in [0.25, 0.3) is 5.91 Å². The lowest BCUT2D eigenvalue weighted by atomic mass is 9.96. The van der Waals surface area contributed by atoms with E-state index in [4.69, 9.17) is 0 Å². The summed E-state index contributed by atoms with van der Waals surface area (Å²) in [4.78, 5) is 32.1. The second-order valence-corrected chi connectivity index (χ2v) is 8.98. The molecular formula is C23H25N3O2S. The van der Waals surface area contributed by atoms with Gasteiger partial charge in [0, 0.05) is 18.7 Å². The highest BCUT2D eigenvalue weighted by Gasteiger charge is 2.29. The molecule has 0 bridgehead atoms. The fourth-order valence-corrected chi connectivity index (χ4v) is 4.92. The Hall–Kier alpha value is -2.73. The number of aryl methyl sites for hydroxylation is 3. The molecule has 2 amide bonds. The van der Waals surface area contributed by atoms with Gasteiger partial charge in [-0.3, -0.25) is 9.59 Å². The second kappa shape index (κ2) is 7.95. The Kier molecular flexibility index (Phi) is 5.37. The number of rotatable bonds is 3. The molecule has 3 aromatic rings. The minimum Gasteiger partial charge on any atom is -0.338 e. The maximum Gasteiger partial charge on any atom is 0.253 e. The molecule has 29 heavy (non-hydrogen) atoms. The third-order valence-corrected chi connectivity index (χ3v) is 6.26. The minimum absolute atomic E-state index is 0.00441. The third-order valence-electron chi connectivity index (χ3n) is 5.32. The molecule has 1 unspecified atom stereocenters. The normalized spacial score (nSPS) is 16.8. The summed E-state index contributed by atoms with van der Waals surface area (Å²) in [5.41, 5.74) is 4.92. The van der Waals surface area contributed by atoms with E-state index in [0.29, 0.717) is 23.8 Å². The predicted octanol–water partition coefficient (Wildman–Crippen LogP) is 4.71. The fourth-order valence-electron chi connectivity index (χ4n) is 3.95. The van der Waals surface area contributed by atoms with Crippen molar-refractivity contribution in [2.24, 2.45) is 5.92 Å². The van der Waals surface area contributed by atoms with E-state index in [1.165, 1.54) is 16.9 Å². The van der Waals surface area contributed by atoms with Crippen molar-refractivity contribution >= 4 is 38.5 Å². The Labute approximate surface area is 174 Å². The van der Waals surface area contributed by atoms with Gasteiger partial charge in [-0.1, -0.05) is 34.6 Å². The van der Waals surface area contributed by atoms with E-state index < -0.39 is 0 Å². The zero-order valence-corrected chi connectivity index (χ0v) is 17.8. The van der Waals surface area contributed by atoms with Crippen molar-refractivity contribution in [3.05, 3.63) is 58.7 Å². The zero-order chi connectivity index (χ0) is 20.5. The number of piperidine rings is 1. The van der Waals surface area contributed by atoms with Gasteiger partial charge in [0.1, 0.15) is 0 Å². The van der Waals surface area contributed by atoms with Crippen molar-refractivity contribution in [3.63, 3.8) is 0 Å². The number of aromatic nitrogens is 1. The summed E-state index contributed by atoms with van der Waals surface area (Å²) < 4.78 is 1.07. The standard InChI is InChI=1S/C23H25N3O2S/c1-14-6-7-19-20(12-14)29-23(24-19)25-21(27)17-5-4-8-26(13-17)22(28)18-10-15(2)9-16(3)11-18/h6-7,9-12,17H,4-5,8,13H2,1-3H3,(H,24,25,27). The first-order valence-electron chi connectivity index (χ1n) is 9.95. The van der Waals surface area contributed by atoms with Gasteiger partial charge in [0.05, 0.1) is 16.1 Å². The first-order chi connectivity index (χ1) is 13.9. The predicted molar refractivity (Wildman–Crippen MR) is 118 cm³/mol. The maximum absolute atomic E-state index is 13.0. The molecule has 6 heteroatoms. The van der Waals surface area contributed by atoms with E-state index in [9.17, 15) is 9.59 Å². The Balaban J connectivity index is 1.45. The smallest absolute Gasteiger partial charge is 0.253 e. The number of thiazole rings is 1. The molecule has 1 fully saturated rings. The third kappa shape index (κ3) is 4.32. The molecule has 0 aliphatic carbocycles. The molecule has 1 atom stereocenters. The first-order valence-corrected chi connectivity index (χ1v) is 10.8. The monoisotopic (exact) mass is 407 g/mol. The number of nitrogens with one attached hydrogen (secondary N) is 1. The minimum atomic E-state index is -0.215. The molecule has 1 saturated heterocycles. The highest BCUT2D eigenvalue weighted by atomic mass is 32.1. The molecule has 1 aromatic heterocycles. The highest BCUT2D eigenvalue weighted by molar-refractivity contribution is 7.22. The van der Waals surface area contributed by atoms with Gasteiger partial charge in [-0.15, -0.1) is 0 Å². The molecule has 0 spiro atoms. The van der Waals surface area contributed by atoms with Crippen LogP contribution in [0.25, 0.3) is 10.2 Å². The van der Waals surface area contributed by atoms with Crippen LogP contribution in [0, 0.1) is 26.7 Å². The average molecular weight is 408 g/mol. The lowest BCUT2D eigenvalue weighted by molar-refractivity contribution is -0.121. The van der Waals surface area contributed by atoms with Crippen molar-refractivity contribution in [2.75, 3.05) is 18.4 Å². The molecule has 4 rings (SSSR count). The number of amides is 2. The number of likely N-dealkylation sites (tertiary alicyclic amines) is 1. The summed E-state index contributed by atoms with van der Waals surface area (Å²) in [6, 6.07) is 12.0. The van der Waals surface area contributed by atoms with Crippen LogP contribution in [0.1, 0.15) is 39.9 Å². The van der Waals surface area contributed by atoms with E-state index in [2.05, 4.69) is 22.4 Å². The number of hydrogen-bond donors (Lipinski definition) is 1. The van der Waals surface area contributed by atoms with Gasteiger partial charge < -0.3 is 10.2 Å². The van der Waals surface area contributed by atoms with Gasteiger partial charge in [0.15, 0.2) is 5.13 Å². The number of benzene rings is 2. The maximum atomic E-state index is 13.0. The van der Waals surface area contributed by atoms with Crippen LogP contribution < -0.4 is 5.32 Å². The van der Waals surface area contributed by atoms with Gasteiger partial charge in [0.2, 0.25) is 5.91 Å². The van der Waals surface area contributed by atoms with Gasteiger partial charge in [-0.05, 0) is 63.4 Å². The average Bonchev–Trinajstić information content (AvgIpc) is 3.08. The second-order valence-electron chi connectivity index (χ2n) is 7.95. The number of hydrogen-bond acceptors (Lipinski definition) is 4. The Morgan fingerprint density at radius 2 is 1.83 bits per heavy atom.